The van der Waals surface area contributed by atoms with Crippen molar-refractivity contribution in [1.82, 2.24) is 5.32 Å². The zero-order valence-corrected chi connectivity index (χ0v) is 58.1. The summed E-state index contributed by atoms with van der Waals surface area (Å²) in [6, 6.07) is -0.629. The van der Waals surface area contributed by atoms with Crippen molar-refractivity contribution in [2.24, 2.45) is 0 Å². The number of carbonyl (C=O) groups is 2. The molecular weight excluding hydrogens is 1050 g/mol. The molecule has 0 rings (SSSR count). The van der Waals surface area contributed by atoms with E-state index in [-0.39, 0.29) is 18.5 Å². The van der Waals surface area contributed by atoms with E-state index >= 15 is 0 Å². The summed E-state index contributed by atoms with van der Waals surface area (Å²) in [5, 5.41) is 23.2. The number of carbonyl (C=O) groups excluding carboxylic acids is 2. The molecule has 0 aliphatic carbocycles. The van der Waals surface area contributed by atoms with Crippen LogP contribution in [0.15, 0.2) is 48.6 Å². The van der Waals surface area contributed by atoms with Gasteiger partial charge in [-0.2, -0.15) is 0 Å². The van der Waals surface area contributed by atoms with Gasteiger partial charge in [-0.1, -0.05) is 371 Å². The highest BCUT2D eigenvalue weighted by Gasteiger charge is 2.18. The summed E-state index contributed by atoms with van der Waals surface area (Å²) in [5.74, 6) is -0.0510. The maximum Gasteiger partial charge on any atom is 0.305 e. The number of amides is 1. The normalized spacial score (nSPS) is 12.7. The predicted octanol–water partition coefficient (Wildman–Crippen LogP) is 25.6. The first-order valence-electron chi connectivity index (χ1n) is 38.9. The molecule has 0 saturated heterocycles. The fraction of sp³-hybridized carbons (Fsp3) is 0.875. The summed E-state index contributed by atoms with van der Waals surface area (Å²) in [4.78, 5) is 24.6. The molecule has 6 nitrogen and oxygen atoms in total. The first-order valence-corrected chi connectivity index (χ1v) is 38.9. The summed E-state index contributed by atoms with van der Waals surface area (Å²) in [6.45, 7) is 4.94. The van der Waals surface area contributed by atoms with E-state index in [1.165, 1.54) is 347 Å². The van der Waals surface area contributed by atoms with E-state index in [1.807, 2.05) is 6.08 Å². The third kappa shape index (κ3) is 70.9. The Bertz CT molecular complexity index is 1440. The molecule has 86 heavy (non-hydrogen) atoms. The van der Waals surface area contributed by atoms with Crippen LogP contribution in [0.3, 0.4) is 0 Å². The van der Waals surface area contributed by atoms with Crippen LogP contribution in [0.1, 0.15) is 425 Å². The predicted molar refractivity (Wildman–Crippen MR) is 379 cm³/mol. The van der Waals surface area contributed by atoms with E-state index in [0.29, 0.717) is 19.4 Å². The topological polar surface area (TPSA) is 95.9 Å². The number of unbranched alkanes of at least 4 members (excludes halogenated alkanes) is 56. The van der Waals surface area contributed by atoms with Gasteiger partial charge in [-0.3, -0.25) is 9.59 Å². The first kappa shape index (κ1) is 83.8. The van der Waals surface area contributed by atoms with Crippen molar-refractivity contribution < 1.29 is 24.5 Å². The number of esters is 1. The highest BCUT2D eigenvalue weighted by molar-refractivity contribution is 5.76. The molecular formula is C80H151NO5. The highest BCUT2D eigenvalue weighted by atomic mass is 16.5. The summed E-state index contributed by atoms with van der Waals surface area (Å²) in [5.41, 5.74) is 0. The van der Waals surface area contributed by atoms with Gasteiger partial charge in [0.05, 0.1) is 25.4 Å². The molecule has 2 unspecified atom stereocenters. The number of nitrogens with one attached hydrogen (secondary N) is 1. The van der Waals surface area contributed by atoms with Gasteiger partial charge in [0, 0.05) is 12.8 Å². The van der Waals surface area contributed by atoms with Gasteiger partial charge in [-0.05, 0) is 89.9 Å². The van der Waals surface area contributed by atoms with Crippen LogP contribution in [-0.4, -0.2) is 47.4 Å². The molecule has 0 aliphatic rings. The monoisotopic (exact) mass is 1210 g/mol. The third-order valence-electron chi connectivity index (χ3n) is 18.1. The van der Waals surface area contributed by atoms with Crippen molar-refractivity contribution in [2.75, 3.05) is 13.2 Å². The van der Waals surface area contributed by atoms with Crippen molar-refractivity contribution in [3.05, 3.63) is 48.6 Å². The minimum absolute atomic E-state index is 0.0130. The molecule has 2 atom stereocenters. The Morgan fingerprint density at radius 3 is 0.895 bits per heavy atom. The molecule has 0 spiro atoms. The Morgan fingerprint density at radius 2 is 0.581 bits per heavy atom. The number of aliphatic hydroxyl groups is 2. The molecule has 0 radical (unpaired) electrons. The fourth-order valence-corrected chi connectivity index (χ4v) is 12.1. The molecule has 0 aromatic rings. The van der Waals surface area contributed by atoms with E-state index in [9.17, 15) is 19.8 Å². The van der Waals surface area contributed by atoms with E-state index in [4.69, 9.17) is 4.74 Å². The number of hydrogen-bond donors (Lipinski definition) is 3. The van der Waals surface area contributed by atoms with Gasteiger partial charge in [0.15, 0.2) is 0 Å². The molecule has 1 amide bonds. The average molecular weight is 1210 g/mol. The van der Waals surface area contributed by atoms with Gasteiger partial charge in [-0.15, -0.1) is 0 Å². The van der Waals surface area contributed by atoms with Gasteiger partial charge in [0.2, 0.25) is 5.91 Å². The van der Waals surface area contributed by atoms with Crippen LogP contribution in [0.2, 0.25) is 0 Å². The smallest absolute Gasteiger partial charge is 0.305 e. The Kier molecular flexibility index (Phi) is 73.4. The third-order valence-corrected chi connectivity index (χ3v) is 18.1. The Hall–Kier alpha value is -2.18. The second-order valence-electron chi connectivity index (χ2n) is 26.7. The zero-order chi connectivity index (χ0) is 62.0. The van der Waals surface area contributed by atoms with Gasteiger partial charge in [0.1, 0.15) is 0 Å². The molecule has 0 aliphatic heterocycles. The number of aliphatic hydroxyl groups excluding tert-OH is 2. The standard InChI is InChI=1S/C80H151NO5/c1-3-5-7-9-11-13-15-17-19-21-36-40-44-48-52-56-60-64-68-72-78(83)77(76-82)81-79(84)73-69-65-61-57-53-49-45-41-38-34-32-30-28-26-24-23-25-27-29-31-33-35-39-43-47-51-55-59-63-67-71-75-86-80(85)74-70-66-62-58-54-50-46-42-37-22-20-18-16-14-12-10-8-6-4-2/h18,20,25,27,31,33,68,72,77-78,82-83H,3-17,19,21-24,26,28-30,32,34-67,69-71,73-76H2,1-2H3,(H,81,84)/b20-18-,27-25-,33-31-,72-68+. The molecule has 3 N–H and O–H groups in total. The Balaban J connectivity index is 3.40. The SMILES string of the molecule is CCCCCCCC/C=C\CCCCCCCCCCCC(=O)OCCCCCCCCCCC/C=C\C/C=C\CCCCCCCCCCCCCCCCCC(=O)NC(CO)C(O)/C=C/CCCCCCCCCCCCCCCCCCC. The highest BCUT2D eigenvalue weighted by Crippen LogP contribution is 2.19. The van der Waals surface area contributed by atoms with Gasteiger partial charge >= 0.3 is 5.97 Å². The van der Waals surface area contributed by atoms with Crippen LogP contribution >= 0.6 is 0 Å². The lowest BCUT2D eigenvalue weighted by Crippen LogP contribution is -2.45. The zero-order valence-electron chi connectivity index (χ0n) is 58.1. The molecule has 0 heterocycles. The van der Waals surface area contributed by atoms with Crippen LogP contribution in [0.5, 0.6) is 0 Å². The van der Waals surface area contributed by atoms with E-state index in [2.05, 4.69) is 55.6 Å². The van der Waals surface area contributed by atoms with Crippen molar-refractivity contribution in [2.45, 2.75) is 437 Å². The van der Waals surface area contributed by atoms with Gasteiger partial charge in [0.25, 0.3) is 0 Å². The molecule has 506 valence electrons. The summed E-state index contributed by atoms with van der Waals surface area (Å²) in [7, 11) is 0. The number of ether oxygens (including phenoxy) is 1. The molecule has 0 saturated carbocycles. The Labute approximate surface area is 537 Å². The van der Waals surface area contributed by atoms with E-state index in [0.717, 1.165) is 51.4 Å². The minimum atomic E-state index is -0.846. The van der Waals surface area contributed by atoms with Crippen LogP contribution < -0.4 is 5.32 Å². The lowest BCUT2D eigenvalue weighted by molar-refractivity contribution is -0.143. The van der Waals surface area contributed by atoms with Crippen LogP contribution in [0, 0.1) is 0 Å². The van der Waals surface area contributed by atoms with Gasteiger partial charge < -0.3 is 20.3 Å². The molecule has 6 heteroatoms. The van der Waals surface area contributed by atoms with Crippen molar-refractivity contribution in [3.63, 3.8) is 0 Å². The molecule has 0 fully saturated rings. The largest absolute Gasteiger partial charge is 0.466 e. The minimum Gasteiger partial charge on any atom is -0.466 e. The molecule has 0 aromatic carbocycles. The maximum absolute atomic E-state index is 12.5. The average Bonchev–Trinajstić information content (AvgIpc) is 3.54. The number of allylic oxidation sites excluding steroid dienone is 7. The lowest BCUT2D eigenvalue weighted by atomic mass is 10.0. The summed E-state index contributed by atoms with van der Waals surface area (Å²) < 4.78 is 5.51. The summed E-state index contributed by atoms with van der Waals surface area (Å²) in [6.07, 6.45) is 99.3. The fourth-order valence-electron chi connectivity index (χ4n) is 12.1. The van der Waals surface area contributed by atoms with E-state index in [1.54, 1.807) is 6.08 Å². The number of hydrogen-bond acceptors (Lipinski definition) is 5. The quantitative estimate of drug-likeness (QED) is 0.0320. The van der Waals surface area contributed by atoms with Crippen LogP contribution in [0.25, 0.3) is 0 Å². The first-order chi connectivity index (χ1) is 42.5. The van der Waals surface area contributed by atoms with Crippen molar-refractivity contribution in [1.29, 1.82) is 0 Å². The van der Waals surface area contributed by atoms with Crippen molar-refractivity contribution >= 4 is 11.9 Å². The van der Waals surface area contributed by atoms with Crippen LogP contribution in [-0.2, 0) is 14.3 Å². The molecule has 0 bridgehead atoms. The number of rotatable bonds is 73. The van der Waals surface area contributed by atoms with Crippen LogP contribution in [0.4, 0.5) is 0 Å². The molecule has 0 aromatic heterocycles. The van der Waals surface area contributed by atoms with Crippen molar-refractivity contribution in [3.8, 4) is 0 Å². The Morgan fingerprint density at radius 1 is 0.326 bits per heavy atom. The van der Waals surface area contributed by atoms with Gasteiger partial charge in [-0.25, -0.2) is 0 Å². The maximum atomic E-state index is 12.5. The summed E-state index contributed by atoms with van der Waals surface area (Å²) >= 11 is 0. The second-order valence-corrected chi connectivity index (χ2v) is 26.7. The second kappa shape index (κ2) is 75.3. The van der Waals surface area contributed by atoms with E-state index < -0.39 is 12.1 Å². The lowest BCUT2D eigenvalue weighted by Gasteiger charge is -2.20.